The number of anilines is 1. The maximum atomic E-state index is 12.7. The summed E-state index contributed by atoms with van der Waals surface area (Å²) >= 11 is 0. The first kappa shape index (κ1) is 16.9. The molecule has 2 rings (SSSR count). The number of nitrogens with one attached hydrogen (secondary N) is 2. The van der Waals surface area contributed by atoms with Gasteiger partial charge in [0, 0.05) is 17.8 Å². The van der Waals surface area contributed by atoms with Crippen LogP contribution in [0.3, 0.4) is 0 Å². The number of benzene rings is 2. The van der Waals surface area contributed by atoms with Crippen LogP contribution in [-0.2, 0) is 4.79 Å². The minimum Gasteiger partial charge on any atom is -0.872 e. The number of hydrogen-bond acceptors (Lipinski definition) is 6. The predicted molar refractivity (Wildman–Crippen MR) is 83.2 cm³/mol. The monoisotopic (exact) mass is 331 g/mol. The lowest BCUT2D eigenvalue weighted by Crippen LogP contribution is -2.25. The number of carbonyl (C=O) groups excluding carboxylic acids is 1. The topological polar surface area (TPSA) is 120 Å². The number of amides is 1. The van der Waals surface area contributed by atoms with Crippen molar-refractivity contribution in [1.29, 1.82) is 0 Å². The average Bonchev–Trinajstić information content (AvgIpc) is 2.56. The predicted octanol–water partition coefficient (Wildman–Crippen LogP) is 1.37. The Bertz CT molecular complexity index is 778. The van der Waals surface area contributed by atoms with Gasteiger partial charge < -0.3 is 10.4 Å². The van der Waals surface area contributed by atoms with Gasteiger partial charge >= 0.3 is 0 Å². The fourth-order valence-electron chi connectivity index (χ4n) is 1.71. The number of rotatable bonds is 6. The van der Waals surface area contributed by atoms with E-state index in [-0.39, 0.29) is 23.6 Å². The summed E-state index contributed by atoms with van der Waals surface area (Å²) in [4.78, 5) is 21.6. The Morgan fingerprint density at radius 3 is 2.62 bits per heavy atom. The summed E-state index contributed by atoms with van der Waals surface area (Å²) in [5.74, 6) is -1.35. The second kappa shape index (κ2) is 7.68. The van der Waals surface area contributed by atoms with Crippen molar-refractivity contribution in [1.82, 2.24) is 5.43 Å². The highest BCUT2D eigenvalue weighted by Crippen LogP contribution is 2.18. The van der Waals surface area contributed by atoms with Gasteiger partial charge in [0.15, 0.2) is 0 Å². The van der Waals surface area contributed by atoms with Crippen molar-refractivity contribution in [3.63, 3.8) is 0 Å². The zero-order valence-corrected chi connectivity index (χ0v) is 12.2. The summed E-state index contributed by atoms with van der Waals surface area (Å²) in [6.45, 7) is -0.123. The van der Waals surface area contributed by atoms with Gasteiger partial charge in [-0.15, -0.1) is 0 Å². The van der Waals surface area contributed by atoms with E-state index in [0.717, 1.165) is 24.4 Å². The van der Waals surface area contributed by atoms with Gasteiger partial charge in [-0.2, -0.15) is 5.10 Å². The molecule has 0 aliphatic rings. The van der Waals surface area contributed by atoms with Gasteiger partial charge in [0.1, 0.15) is 5.82 Å². The van der Waals surface area contributed by atoms with Crippen LogP contribution >= 0.6 is 0 Å². The largest absolute Gasteiger partial charge is 0.872 e. The summed E-state index contributed by atoms with van der Waals surface area (Å²) < 4.78 is 12.7. The SMILES string of the molecule is O=C(CNc1ccc(F)cc1)NN=Cc1cc([N+](=O)[O-])ccc1[O-]. The van der Waals surface area contributed by atoms with Crippen molar-refractivity contribution in [2.24, 2.45) is 5.10 Å². The third-order valence-corrected chi connectivity index (χ3v) is 2.89. The highest BCUT2D eigenvalue weighted by atomic mass is 19.1. The molecule has 0 aromatic heterocycles. The number of non-ortho nitro benzene ring substituents is 1. The first-order valence-electron chi connectivity index (χ1n) is 6.72. The van der Waals surface area contributed by atoms with E-state index in [9.17, 15) is 24.4 Å². The van der Waals surface area contributed by atoms with Crippen LogP contribution in [-0.4, -0.2) is 23.6 Å². The van der Waals surface area contributed by atoms with Gasteiger partial charge in [-0.05, 0) is 29.8 Å². The van der Waals surface area contributed by atoms with Crippen molar-refractivity contribution in [2.45, 2.75) is 0 Å². The van der Waals surface area contributed by atoms with E-state index in [2.05, 4.69) is 15.8 Å². The normalized spacial score (nSPS) is 10.5. The van der Waals surface area contributed by atoms with Crippen LogP contribution in [0.5, 0.6) is 5.75 Å². The zero-order chi connectivity index (χ0) is 17.5. The second-order valence-electron chi connectivity index (χ2n) is 4.63. The highest BCUT2D eigenvalue weighted by Gasteiger charge is 2.05. The Hall–Kier alpha value is -3.49. The molecule has 2 aromatic carbocycles. The fourth-order valence-corrected chi connectivity index (χ4v) is 1.71. The maximum absolute atomic E-state index is 12.7. The first-order valence-corrected chi connectivity index (χ1v) is 6.72. The smallest absolute Gasteiger partial charge is 0.270 e. The zero-order valence-electron chi connectivity index (χ0n) is 12.2. The molecule has 8 nitrogen and oxygen atoms in total. The van der Waals surface area contributed by atoms with Crippen LogP contribution in [0.4, 0.5) is 15.8 Å². The Morgan fingerprint density at radius 2 is 1.96 bits per heavy atom. The second-order valence-corrected chi connectivity index (χ2v) is 4.63. The molecule has 0 unspecified atom stereocenters. The van der Waals surface area contributed by atoms with Crippen LogP contribution < -0.4 is 15.8 Å². The van der Waals surface area contributed by atoms with E-state index >= 15 is 0 Å². The van der Waals surface area contributed by atoms with Crippen molar-refractivity contribution < 1.29 is 19.2 Å². The molecule has 0 saturated heterocycles. The molecular weight excluding hydrogens is 319 g/mol. The molecule has 9 heteroatoms. The molecule has 2 N–H and O–H groups in total. The summed E-state index contributed by atoms with van der Waals surface area (Å²) in [5.41, 5.74) is 2.46. The fraction of sp³-hybridized carbons (Fsp3) is 0.0667. The van der Waals surface area contributed by atoms with E-state index in [1.807, 2.05) is 0 Å². The van der Waals surface area contributed by atoms with Crippen LogP contribution in [0, 0.1) is 15.9 Å². The molecule has 0 saturated carbocycles. The molecule has 0 spiro atoms. The first-order chi connectivity index (χ1) is 11.5. The van der Waals surface area contributed by atoms with E-state index in [0.29, 0.717) is 5.69 Å². The lowest BCUT2D eigenvalue weighted by Gasteiger charge is -2.08. The number of carbonyl (C=O) groups is 1. The molecule has 0 aliphatic heterocycles. The Morgan fingerprint density at radius 1 is 1.25 bits per heavy atom. The molecule has 1 amide bonds. The Labute approximate surface area is 135 Å². The molecule has 0 aliphatic carbocycles. The quantitative estimate of drug-likeness (QED) is 0.470. The van der Waals surface area contributed by atoms with Crippen molar-refractivity contribution in [2.75, 3.05) is 11.9 Å². The Kier molecular flexibility index (Phi) is 5.40. The minimum absolute atomic E-state index is 0.0176. The summed E-state index contributed by atoms with van der Waals surface area (Å²) in [5, 5.41) is 28.5. The standard InChI is InChI=1S/C15H13FN4O4/c16-11-1-3-12(4-2-11)17-9-15(22)19-18-8-10-7-13(20(23)24)5-6-14(10)21/h1-8,17,21H,9H2,(H,19,22)/p-1. The van der Waals surface area contributed by atoms with Gasteiger partial charge in [0.05, 0.1) is 17.7 Å². The van der Waals surface area contributed by atoms with Gasteiger partial charge in [0.25, 0.3) is 11.6 Å². The lowest BCUT2D eigenvalue weighted by molar-refractivity contribution is -0.385. The number of halogens is 1. The van der Waals surface area contributed by atoms with Crippen molar-refractivity contribution in [3.05, 3.63) is 64.0 Å². The van der Waals surface area contributed by atoms with E-state index < -0.39 is 16.6 Å². The van der Waals surface area contributed by atoms with Gasteiger partial charge in [-0.3, -0.25) is 14.9 Å². The molecule has 2 aromatic rings. The third-order valence-electron chi connectivity index (χ3n) is 2.89. The molecular formula is C15H12FN4O4-. The Balaban J connectivity index is 1.89. The maximum Gasteiger partial charge on any atom is 0.270 e. The van der Waals surface area contributed by atoms with Crippen LogP contribution in [0.2, 0.25) is 0 Å². The molecule has 24 heavy (non-hydrogen) atoms. The van der Waals surface area contributed by atoms with Gasteiger partial charge in [-0.25, -0.2) is 9.82 Å². The molecule has 124 valence electrons. The van der Waals surface area contributed by atoms with E-state index in [1.54, 1.807) is 0 Å². The summed E-state index contributed by atoms with van der Waals surface area (Å²) in [7, 11) is 0. The average molecular weight is 331 g/mol. The van der Waals surface area contributed by atoms with Crippen LogP contribution in [0.25, 0.3) is 0 Å². The number of hydrogen-bond donors (Lipinski definition) is 2. The van der Waals surface area contributed by atoms with Gasteiger partial charge in [0.2, 0.25) is 0 Å². The van der Waals surface area contributed by atoms with Crippen LogP contribution in [0.1, 0.15) is 5.56 Å². The van der Waals surface area contributed by atoms with Crippen molar-refractivity contribution >= 4 is 23.5 Å². The molecule has 0 atom stereocenters. The third kappa shape index (κ3) is 4.77. The number of nitrogens with zero attached hydrogens (tertiary/aromatic N) is 2. The number of nitro benzene ring substituents is 1. The molecule has 0 heterocycles. The number of hydrazone groups is 1. The summed E-state index contributed by atoms with van der Waals surface area (Å²) in [6.07, 6.45) is 1.03. The highest BCUT2D eigenvalue weighted by molar-refractivity contribution is 5.86. The summed E-state index contributed by atoms with van der Waals surface area (Å²) in [6, 6.07) is 8.64. The molecule has 0 radical (unpaired) electrons. The lowest BCUT2D eigenvalue weighted by atomic mass is 10.2. The van der Waals surface area contributed by atoms with Crippen molar-refractivity contribution in [3.8, 4) is 5.75 Å². The molecule has 0 fully saturated rings. The van der Waals surface area contributed by atoms with Crippen LogP contribution in [0.15, 0.2) is 47.6 Å². The van der Waals surface area contributed by atoms with E-state index in [4.69, 9.17) is 0 Å². The molecule has 0 bridgehead atoms. The minimum atomic E-state index is -0.637. The van der Waals surface area contributed by atoms with E-state index in [1.165, 1.54) is 24.3 Å². The number of nitro groups is 1. The van der Waals surface area contributed by atoms with Gasteiger partial charge in [-0.1, -0.05) is 11.8 Å².